The smallest absolute Gasteiger partial charge is 0.281 e. The second kappa shape index (κ2) is 31.4. The summed E-state index contributed by atoms with van der Waals surface area (Å²) in [5, 5.41) is 0. The monoisotopic (exact) mass is 1140 g/mol. The van der Waals surface area contributed by atoms with Gasteiger partial charge in [-0.2, -0.15) is 17.0 Å². The molecular formula is C68H108N10O3S. The number of carbonyl (C=O) groups excluding carboxylic acids is 1. The van der Waals surface area contributed by atoms with Crippen molar-refractivity contribution in [2.45, 2.75) is 143 Å². The summed E-state index contributed by atoms with van der Waals surface area (Å²) in [6, 6.07) is 37.5. The van der Waals surface area contributed by atoms with Gasteiger partial charge in [-0.1, -0.05) is 123 Å². The van der Waals surface area contributed by atoms with E-state index >= 15 is 0 Å². The minimum atomic E-state index is -3.28. The summed E-state index contributed by atoms with van der Waals surface area (Å²) >= 11 is 0. The molecule has 454 valence electrons. The van der Waals surface area contributed by atoms with Crippen molar-refractivity contribution < 1.29 is 13.2 Å². The van der Waals surface area contributed by atoms with Crippen LogP contribution in [0.25, 0.3) is 0 Å². The van der Waals surface area contributed by atoms with E-state index in [0.717, 1.165) is 51.4 Å². The highest BCUT2D eigenvalue weighted by Crippen LogP contribution is 2.28. The summed E-state index contributed by atoms with van der Waals surface area (Å²) in [6.07, 6.45) is 9.91. The van der Waals surface area contributed by atoms with Crippen LogP contribution in [0.5, 0.6) is 0 Å². The zero-order valence-electron chi connectivity index (χ0n) is 53.0. The van der Waals surface area contributed by atoms with E-state index in [-0.39, 0.29) is 5.91 Å². The van der Waals surface area contributed by atoms with Crippen LogP contribution in [0, 0.1) is 0 Å². The number of hydrogen-bond donors (Lipinski definition) is 0. The molecule has 1 amide bonds. The van der Waals surface area contributed by atoms with Gasteiger partial charge in [-0.05, 0) is 140 Å². The molecule has 5 saturated heterocycles. The van der Waals surface area contributed by atoms with Crippen LogP contribution in [0.4, 0.5) is 22.7 Å². The highest BCUT2D eigenvalue weighted by atomic mass is 32.2. The van der Waals surface area contributed by atoms with Gasteiger partial charge in [0.15, 0.2) is 0 Å². The Kier molecular flexibility index (Phi) is 24.9. The number of nitrogens with zero attached hydrogens (tertiary/aromatic N) is 10. The van der Waals surface area contributed by atoms with Crippen LogP contribution in [0.3, 0.4) is 0 Å². The molecule has 1 saturated carbocycles. The molecule has 4 aromatic rings. The zero-order chi connectivity index (χ0) is 58.9. The van der Waals surface area contributed by atoms with Gasteiger partial charge < -0.3 is 29.4 Å². The second-order valence-corrected chi connectivity index (χ2v) is 27.7. The molecule has 0 N–H and O–H groups in total. The largest absolute Gasteiger partial charge is 0.369 e. The van der Waals surface area contributed by atoms with E-state index in [2.05, 4.69) is 194 Å². The maximum atomic E-state index is 12.1. The molecule has 82 heavy (non-hydrogen) atoms. The Balaban J connectivity index is 0.000000158. The molecule has 0 bridgehead atoms. The van der Waals surface area contributed by atoms with E-state index < -0.39 is 10.2 Å². The van der Waals surface area contributed by atoms with Crippen LogP contribution in [-0.4, -0.2) is 194 Å². The van der Waals surface area contributed by atoms with Gasteiger partial charge in [0.25, 0.3) is 10.2 Å². The van der Waals surface area contributed by atoms with Crippen LogP contribution >= 0.6 is 0 Å². The first kappa shape index (κ1) is 64.9. The van der Waals surface area contributed by atoms with Crippen molar-refractivity contribution in [3.8, 4) is 0 Å². The van der Waals surface area contributed by atoms with Crippen LogP contribution in [0.15, 0.2) is 97.1 Å². The number of amides is 1. The molecule has 0 radical (unpaired) electrons. The Bertz CT molecular complexity index is 2560. The van der Waals surface area contributed by atoms with Crippen molar-refractivity contribution in [3.63, 3.8) is 0 Å². The van der Waals surface area contributed by atoms with E-state index in [9.17, 15) is 13.2 Å². The molecule has 6 fully saturated rings. The molecule has 14 heteroatoms. The van der Waals surface area contributed by atoms with Gasteiger partial charge in [0.2, 0.25) is 5.91 Å². The lowest BCUT2D eigenvalue weighted by molar-refractivity contribution is -0.129. The number of piperazine rings is 4. The lowest BCUT2D eigenvalue weighted by atomic mass is 9.94. The summed E-state index contributed by atoms with van der Waals surface area (Å²) in [5.74, 6) is 2.54. The normalized spacial score (nSPS) is 19.7. The minimum Gasteiger partial charge on any atom is -0.369 e. The average Bonchev–Trinajstić information content (AvgIpc) is 3.62. The summed E-state index contributed by atoms with van der Waals surface area (Å²) in [7, 11) is 2.11. The molecule has 0 atom stereocenters. The van der Waals surface area contributed by atoms with Crippen LogP contribution < -0.4 is 19.6 Å². The van der Waals surface area contributed by atoms with E-state index in [1.54, 1.807) is 25.3 Å². The SMILES string of the molecule is CC(=O)N1CCN(c2ccc(C(C)C)cc2)CC1.CC(C)c1ccc(N2CCN(C3CCCCC3)CC2)cc1.CC(C)c1ccc(N2CCN(C3CCN(C)CC3)CC2)cc1.CC(C)c1ccc(N2CCN(S(=O)(=O)N(C)C)CC2)cc1. The molecule has 5 aliphatic heterocycles. The molecule has 0 aromatic heterocycles. The highest BCUT2D eigenvalue weighted by Gasteiger charge is 2.30. The number of carbonyl (C=O) groups is 1. The summed E-state index contributed by atoms with van der Waals surface area (Å²) in [5.41, 5.74) is 10.8. The predicted octanol–water partition coefficient (Wildman–Crippen LogP) is 11.5. The molecule has 0 unspecified atom stereocenters. The Morgan fingerprint density at radius 3 is 0.963 bits per heavy atom. The molecule has 4 aromatic carbocycles. The maximum Gasteiger partial charge on any atom is 0.281 e. The predicted molar refractivity (Wildman–Crippen MR) is 348 cm³/mol. The van der Waals surface area contributed by atoms with Crippen LogP contribution in [0.2, 0.25) is 0 Å². The first-order chi connectivity index (χ1) is 39.3. The van der Waals surface area contributed by atoms with E-state index in [4.69, 9.17) is 0 Å². The van der Waals surface area contributed by atoms with Gasteiger partial charge in [-0.3, -0.25) is 14.6 Å². The third-order valence-electron chi connectivity index (χ3n) is 18.4. The van der Waals surface area contributed by atoms with Gasteiger partial charge in [-0.15, -0.1) is 0 Å². The van der Waals surface area contributed by atoms with E-state index in [1.807, 2.05) is 4.90 Å². The summed E-state index contributed by atoms with van der Waals surface area (Å²) < 4.78 is 27.0. The summed E-state index contributed by atoms with van der Waals surface area (Å²) in [4.78, 5) is 30.8. The fourth-order valence-corrected chi connectivity index (χ4v) is 13.6. The minimum absolute atomic E-state index is 0.185. The van der Waals surface area contributed by atoms with Crippen molar-refractivity contribution >= 4 is 38.9 Å². The van der Waals surface area contributed by atoms with Crippen molar-refractivity contribution in [1.29, 1.82) is 0 Å². The number of likely N-dealkylation sites (tertiary alicyclic amines) is 1. The van der Waals surface area contributed by atoms with Gasteiger partial charge in [-0.25, -0.2) is 0 Å². The standard InChI is InChI=1S/C19H31N3.C19H30N2.C15H25N3O2S.C15H22N2O/c1-16(2)17-4-6-18(7-5-17)21-12-14-22(15-13-21)19-8-10-20(3)11-9-19;1-16(2)17-8-10-19(11-9-17)21-14-12-20(13-15-21)18-6-4-3-5-7-18;1-13(2)14-5-7-15(8-6-14)17-9-11-18(12-10-17)21(19,20)16(3)4;1-12(2)14-4-6-15(7-5-14)17-10-8-16(9-11-17)13(3)18/h4-7,16,19H,8-15H2,1-3H3;8-11,16,18H,3-7,12-15H2,1-2H3;5-8,13H,9-12H2,1-4H3;4-7,12H,8-11H2,1-3H3. The average molecular weight is 1150 g/mol. The molecule has 6 aliphatic rings. The molecule has 0 spiro atoms. The molecular weight excluding hydrogens is 1040 g/mol. The van der Waals surface area contributed by atoms with Gasteiger partial charge >= 0.3 is 0 Å². The first-order valence-corrected chi connectivity index (χ1v) is 33.2. The Labute approximate surface area is 498 Å². The zero-order valence-corrected chi connectivity index (χ0v) is 53.8. The fourth-order valence-electron chi connectivity index (χ4n) is 12.5. The van der Waals surface area contributed by atoms with Crippen LogP contribution in [0.1, 0.15) is 153 Å². The number of hydrogen-bond acceptors (Lipinski definition) is 10. The molecule has 10 rings (SSSR count). The van der Waals surface area contributed by atoms with E-state index in [0.29, 0.717) is 36.8 Å². The second-order valence-electron chi connectivity index (χ2n) is 25.5. The lowest BCUT2D eigenvalue weighted by Gasteiger charge is -2.42. The van der Waals surface area contributed by atoms with Gasteiger partial charge in [0, 0.05) is 161 Å². The van der Waals surface area contributed by atoms with Crippen LogP contribution in [-0.2, 0) is 15.0 Å². The number of benzene rings is 4. The van der Waals surface area contributed by atoms with Gasteiger partial charge in [0.05, 0.1) is 0 Å². The van der Waals surface area contributed by atoms with Gasteiger partial charge in [0.1, 0.15) is 0 Å². The Hall–Kier alpha value is -4.70. The maximum absolute atomic E-state index is 12.1. The molecule has 13 nitrogen and oxygen atoms in total. The Morgan fingerprint density at radius 2 is 0.683 bits per heavy atom. The van der Waals surface area contributed by atoms with Crippen molar-refractivity contribution in [1.82, 2.24) is 28.2 Å². The third-order valence-corrected chi connectivity index (χ3v) is 20.3. The Morgan fingerprint density at radius 1 is 0.402 bits per heavy atom. The summed E-state index contributed by atoms with van der Waals surface area (Å²) in [6.45, 7) is 37.7. The third kappa shape index (κ3) is 18.6. The van der Waals surface area contributed by atoms with Crippen molar-refractivity contribution in [2.24, 2.45) is 0 Å². The molecule has 1 aliphatic carbocycles. The van der Waals surface area contributed by atoms with E-state index in [1.165, 1.54) is 160 Å². The lowest BCUT2D eigenvalue weighted by Crippen LogP contribution is -2.53. The highest BCUT2D eigenvalue weighted by molar-refractivity contribution is 7.86. The number of rotatable bonds is 12. The number of piperidine rings is 1. The molecule has 5 heterocycles. The fraction of sp³-hybridized carbons (Fsp3) is 0.632. The topological polar surface area (TPSA) is 83.6 Å². The first-order valence-electron chi connectivity index (χ1n) is 31.8. The van der Waals surface area contributed by atoms with Crippen molar-refractivity contribution in [3.05, 3.63) is 119 Å². The quantitative estimate of drug-likeness (QED) is 0.137. The number of anilines is 4. The van der Waals surface area contributed by atoms with Crippen molar-refractivity contribution in [2.75, 3.05) is 159 Å².